The second kappa shape index (κ2) is 8.94. The Balaban J connectivity index is 1.44. The van der Waals surface area contributed by atoms with Crippen LogP contribution in [-0.4, -0.2) is 34.8 Å². The lowest BCUT2D eigenvalue weighted by Gasteiger charge is -2.30. The number of carbonyl (C=O) groups excluding carboxylic acids is 2. The Labute approximate surface area is 153 Å². The molecule has 1 saturated heterocycles. The van der Waals surface area contributed by atoms with Gasteiger partial charge in [0.15, 0.2) is 5.78 Å². The van der Waals surface area contributed by atoms with E-state index in [0.29, 0.717) is 25.9 Å². The number of ether oxygens (including phenoxy) is 1. The Morgan fingerprint density at radius 2 is 1.77 bits per heavy atom. The van der Waals surface area contributed by atoms with E-state index in [1.807, 2.05) is 48.5 Å². The SMILES string of the molecule is O=C(/C=C/c1ccncc1)C1CCN(C(=O)OCc2ccccc2)CC1. The second-order valence-electron chi connectivity index (χ2n) is 6.32. The van der Waals surface area contributed by atoms with Crippen LogP contribution in [-0.2, 0) is 16.1 Å². The maximum Gasteiger partial charge on any atom is 0.410 e. The normalized spacial score (nSPS) is 15.2. The summed E-state index contributed by atoms with van der Waals surface area (Å²) in [6.07, 6.45) is 7.85. The molecular formula is C21H22N2O3. The van der Waals surface area contributed by atoms with Gasteiger partial charge in [-0.25, -0.2) is 4.79 Å². The molecule has 2 aromatic rings. The highest BCUT2D eigenvalue weighted by atomic mass is 16.6. The van der Waals surface area contributed by atoms with Gasteiger partial charge in [0.2, 0.25) is 0 Å². The van der Waals surface area contributed by atoms with Crippen molar-refractivity contribution in [3.63, 3.8) is 0 Å². The van der Waals surface area contributed by atoms with Gasteiger partial charge in [0.1, 0.15) is 6.61 Å². The molecule has 3 rings (SSSR count). The number of pyridine rings is 1. The number of hydrogen-bond acceptors (Lipinski definition) is 4. The highest BCUT2D eigenvalue weighted by Crippen LogP contribution is 2.20. The fourth-order valence-electron chi connectivity index (χ4n) is 2.95. The van der Waals surface area contributed by atoms with Crippen LogP contribution in [0, 0.1) is 5.92 Å². The van der Waals surface area contributed by atoms with E-state index in [1.54, 1.807) is 23.4 Å². The molecule has 0 atom stereocenters. The van der Waals surface area contributed by atoms with Crippen molar-refractivity contribution < 1.29 is 14.3 Å². The molecule has 0 unspecified atom stereocenters. The number of allylic oxidation sites excluding steroid dienone is 1. The molecule has 5 nitrogen and oxygen atoms in total. The van der Waals surface area contributed by atoms with E-state index >= 15 is 0 Å². The first-order valence-corrected chi connectivity index (χ1v) is 8.80. The highest BCUT2D eigenvalue weighted by Gasteiger charge is 2.26. The Morgan fingerprint density at radius 1 is 1.08 bits per heavy atom. The number of ketones is 1. The second-order valence-corrected chi connectivity index (χ2v) is 6.32. The molecule has 1 aromatic heterocycles. The average molecular weight is 350 g/mol. The van der Waals surface area contributed by atoms with E-state index in [9.17, 15) is 9.59 Å². The van der Waals surface area contributed by atoms with Gasteiger partial charge in [-0.15, -0.1) is 0 Å². The maximum absolute atomic E-state index is 12.3. The summed E-state index contributed by atoms with van der Waals surface area (Å²) in [5.74, 6) is 0.0744. The van der Waals surface area contributed by atoms with Crippen molar-refractivity contribution in [3.8, 4) is 0 Å². The Bertz CT molecular complexity index is 751. The van der Waals surface area contributed by atoms with Crippen molar-refractivity contribution in [1.82, 2.24) is 9.88 Å². The quantitative estimate of drug-likeness (QED) is 0.771. The van der Waals surface area contributed by atoms with E-state index in [0.717, 1.165) is 11.1 Å². The van der Waals surface area contributed by atoms with E-state index in [2.05, 4.69) is 4.98 Å². The lowest BCUT2D eigenvalue weighted by Crippen LogP contribution is -2.40. The number of piperidine rings is 1. The summed E-state index contributed by atoms with van der Waals surface area (Å²) in [6.45, 7) is 1.37. The van der Waals surface area contributed by atoms with Crippen molar-refractivity contribution in [3.05, 3.63) is 72.1 Å². The van der Waals surface area contributed by atoms with Gasteiger partial charge in [-0.05, 0) is 42.2 Å². The molecule has 1 aliphatic rings. The highest BCUT2D eigenvalue weighted by molar-refractivity contribution is 5.95. The summed E-state index contributed by atoms with van der Waals surface area (Å²) >= 11 is 0. The third-order valence-electron chi connectivity index (χ3n) is 4.51. The number of amides is 1. The summed E-state index contributed by atoms with van der Waals surface area (Å²) in [7, 11) is 0. The van der Waals surface area contributed by atoms with Crippen molar-refractivity contribution >= 4 is 18.0 Å². The van der Waals surface area contributed by atoms with Gasteiger partial charge < -0.3 is 9.64 Å². The van der Waals surface area contributed by atoms with E-state index in [4.69, 9.17) is 4.74 Å². The van der Waals surface area contributed by atoms with Gasteiger partial charge in [-0.2, -0.15) is 0 Å². The number of benzene rings is 1. The monoisotopic (exact) mass is 350 g/mol. The van der Waals surface area contributed by atoms with Crippen LogP contribution in [0.4, 0.5) is 4.79 Å². The Kier molecular flexibility index (Phi) is 6.14. The number of nitrogens with zero attached hydrogens (tertiary/aromatic N) is 2. The Morgan fingerprint density at radius 3 is 2.46 bits per heavy atom. The number of aromatic nitrogens is 1. The van der Waals surface area contributed by atoms with Crippen molar-refractivity contribution in [1.29, 1.82) is 0 Å². The molecule has 0 N–H and O–H groups in total. The molecule has 0 bridgehead atoms. The first-order chi connectivity index (χ1) is 12.7. The molecule has 1 amide bonds. The molecule has 0 spiro atoms. The number of likely N-dealkylation sites (tertiary alicyclic amines) is 1. The molecule has 0 radical (unpaired) electrons. The van der Waals surface area contributed by atoms with E-state index in [-0.39, 0.29) is 24.4 Å². The topological polar surface area (TPSA) is 59.5 Å². The van der Waals surface area contributed by atoms with Crippen molar-refractivity contribution in [2.45, 2.75) is 19.4 Å². The summed E-state index contributed by atoms with van der Waals surface area (Å²) in [4.78, 5) is 30.1. The van der Waals surface area contributed by atoms with Crippen LogP contribution in [0.1, 0.15) is 24.0 Å². The van der Waals surface area contributed by atoms with E-state index in [1.165, 1.54) is 0 Å². The van der Waals surface area contributed by atoms with Crippen molar-refractivity contribution in [2.24, 2.45) is 5.92 Å². The van der Waals surface area contributed by atoms with Gasteiger partial charge in [-0.1, -0.05) is 36.4 Å². The van der Waals surface area contributed by atoms with Gasteiger partial charge in [0, 0.05) is 31.4 Å². The Hall–Kier alpha value is -2.95. The van der Waals surface area contributed by atoms with Gasteiger partial charge >= 0.3 is 6.09 Å². The summed E-state index contributed by atoms with van der Waals surface area (Å²) < 4.78 is 5.35. The van der Waals surface area contributed by atoms with Crippen LogP contribution in [0.3, 0.4) is 0 Å². The number of carbonyl (C=O) groups is 2. The van der Waals surface area contributed by atoms with Crippen molar-refractivity contribution in [2.75, 3.05) is 13.1 Å². The van der Waals surface area contributed by atoms with Crippen LogP contribution in [0.5, 0.6) is 0 Å². The molecule has 1 fully saturated rings. The minimum Gasteiger partial charge on any atom is -0.445 e. The standard InChI is InChI=1S/C21H22N2O3/c24-20(7-6-17-8-12-22-13-9-17)19-10-14-23(15-11-19)21(25)26-16-18-4-2-1-3-5-18/h1-9,12-13,19H,10-11,14-16H2/b7-6+. The van der Waals surface area contributed by atoms with Crippen LogP contribution in [0.25, 0.3) is 6.08 Å². The smallest absolute Gasteiger partial charge is 0.410 e. The van der Waals surface area contributed by atoms with Crippen LogP contribution in [0.15, 0.2) is 60.9 Å². The zero-order valence-corrected chi connectivity index (χ0v) is 14.6. The average Bonchev–Trinajstić information content (AvgIpc) is 2.72. The molecule has 0 saturated carbocycles. The molecular weight excluding hydrogens is 328 g/mol. The lowest BCUT2D eigenvalue weighted by atomic mass is 9.92. The number of hydrogen-bond donors (Lipinski definition) is 0. The molecule has 2 heterocycles. The minimum atomic E-state index is -0.313. The summed E-state index contributed by atoms with van der Waals surface area (Å²) in [6, 6.07) is 13.3. The predicted octanol–water partition coefficient (Wildman–Crippen LogP) is 3.71. The third-order valence-corrected chi connectivity index (χ3v) is 4.51. The zero-order valence-electron chi connectivity index (χ0n) is 14.6. The van der Waals surface area contributed by atoms with Crippen LogP contribution in [0.2, 0.25) is 0 Å². The molecule has 5 heteroatoms. The van der Waals surface area contributed by atoms with Gasteiger partial charge in [-0.3, -0.25) is 9.78 Å². The number of rotatable bonds is 5. The van der Waals surface area contributed by atoms with Crippen LogP contribution >= 0.6 is 0 Å². The fourth-order valence-corrected chi connectivity index (χ4v) is 2.95. The third kappa shape index (κ3) is 5.02. The van der Waals surface area contributed by atoms with Gasteiger partial charge in [0.25, 0.3) is 0 Å². The summed E-state index contributed by atoms with van der Waals surface area (Å²) in [5, 5.41) is 0. The molecule has 26 heavy (non-hydrogen) atoms. The molecule has 1 aromatic carbocycles. The van der Waals surface area contributed by atoms with Crippen LogP contribution < -0.4 is 0 Å². The fraction of sp³-hybridized carbons (Fsp3) is 0.286. The largest absolute Gasteiger partial charge is 0.445 e. The maximum atomic E-state index is 12.3. The van der Waals surface area contributed by atoms with Gasteiger partial charge in [0.05, 0.1) is 0 Å². The van der Waals surface area contributed by atoms with E-state index < -0.39 is 0 Å². The molecule has 0 aliphatic carbocycles. The molecule has 1 aliphatic heterocycles. The zero-order chi connectivity index (χ0) is 18.2. The first kappa shape index (κ1) is 17.9. The predicted molar refractivity (Wildman–Crippen MR) is 99.2 cm³/mol. The first-order valence-electron chi connectivity index (χ1n) is 8.80. The minimum absolute atomic E-state index is 0.0359. The lowest BCUT2D eigenvalue weighted by molar-refractivity contribution is -0.119. The summed E-state index contributed by atoms with van der Waals surface area (Å²) in [5.41, 5.74) is 1.92. The molecule has 134 valence electrons.